The van der Waals surface area contributed by atoms with Crippen LogP contribution >= 0.6 is 0 Å². The number of fused-ring (bicyclic) bond motifs is 1. The molecule has 0 spiro atoms. The van der Waals surface area contributed by atoms with Crippen LogP contribution in [0.15, 0.2) is 72.8 Å². The summed E-state index contributed by atoms with van der Waals surface area (Å²) in [4.78, 5) is 25.4. The zero-order valence-corrected chi connectivity index (χ0v) is 18.4. The first-order valence-electron chi connectivity index (χ1n) is 11.3. The number of likely N-dealkylation sites (tertiary alicyclic amines) is 1. The van der Waals surface area contributed by atoms with Crippen molar-refractivity contribution in [3.63, 3.8) is 0 Å². The number of carbonyl (C=O) groups is 2. The molecule has 5 nitrogen and oxygen atoms in total. The van der Waals surface area contributed by atoms with Crippen molar-refractivity contribution in [1.82, 2.24) is 10.2 Å². The van der Waals surface area contributed by atoms with Crippen LogP contribution in [0, 0.1) is 5.92 Å². The largest absolute Gasteiger partial charge is 0.481 e. The molecule has 2 N–H and O–H groups in total. The summed E-state index contributed by atoms with van der Waals surface area (Å²) in [6.07, 6.45) is -0.0598. The summed E-state index contributed by atoms with van der Waals surface area (Å²) in [7, 11) is 0. The second-order valence-corrected chi connectivity index (χ2v) is 8.67. The summed E-state index contributed by atoms with van der Waals surface area (Å²) >= 11 is 0. The van der Waals surface area contributed by atoms with E-state index in [-0.39, 0.29) is 36.6 Å². The Morgan fingerprint density at radius 1 is 0.969 bits per heavy atom. The van der Waals surface area contributed by atoms with Crippen LogP contribution in [-0.4, -0.2) is 41.5 Å². The van der Waals surface area contributed by atoms with Gasteiger partial charge in [-0.25, -0.2) is 0 Å². The van der Waals surface area contributed by atoms with Crippen LogP contribution in [0.25, 0.3) is 10.8 Å². The molecule has 5 heteroatoms. The molecular weight excluding hydrogens is 400 g/mol. The number of carboxylic acids is 1. The minimum Gasteiger partial charge on any atom is -0.481 e. The number of carbonyl (C=O) groups excluding carboxylic acids is 1. The van der Waals surface area contributed by atoms with Crippen molar-refractivity contribution < 1.29 is 14.7 Å². The predicted octanol–water partition coefficient (Wildman–Crippen LogP) is 4.60. The Hall–Kier alpha value is -3.18. The maximum absolute atomic E-state index is 12.6. The number of nitrogens with zero attached hydrogens (tertiary/aromatic N) is 1. The Morgan fingerprint density at radius 3 is 2.47 bits per heavy atom. The van der Waals surface area contributed by atoms with Crippen LogP contribution in [0.3, 0.4) is 0 Å². The fourth-order valence-corrected chi connectivity index (χ4v) is 4.80. The first kappa shape index (κ1) is 22.0. The molecule has 0 radical (unpaired) electrons. The molecule has 1 saturated heterocycles. The first-order chi connectivity index (χ1) is 15.5. The molecule has 0 unspecified atom stereocenters. The van der Waals surface area contributed by atoms with Crippen LogP contribution in [0.5, 0.6) is 0 Å². The van der Waals surface area contributed by atoms with Crippen molar-refractivity contribution in [2.45, 2.75) is 31.7 Å². The monoisotopic (exact) mass is 430 g/mol. The van der Waals surface area contributed by atoms with Gasteiger partial charge in [0.05, 0.1) is 6.42 Å². The lowest BCUT2D eigenvalue weighted by Gasteiger charge is -2.23. The highest BCUT2D eigenvalue weighted by molar-refractivity contribution is 5.86. The Morgan fingerprint density at radius 2 is 1.69 bits per heavy atom. The van der Waals surface area contributed by atoms with Gasteiger partial charge in [0.2, 0.25) is 5.91 Å². The molecule has 3 aromatic rings. The van der Waals surface area contributed by atoms with Crippen LogP contribution in [-0.2, 0) is 9.59 Å². The van der Waals surface area contributed by atoms with E-state index in [0.29, 0.717) is 13.1 Å². The fourth-order valence-electron chi connectivity index (χ4n) is 4.80. The lowest BCUT2D eigenvalue weighted by Crippen LogP contribution is -2.32. The van der Waals surface area contributed by atoms with Crippen molar-refractivity contribution in [3.8, 4) is 0 Å². The third-order valence-electron chi connectivity index (χ3n) is 6.55. The zero-order valence-electron chi connectivity index (χ0n) is 18.4. The molecule has 0 aromatic heterocycles. The van der Waals surface area contributed by atoms with Gasteiger partial charge in [-0.15, -0.1) is 0 Å². The summed E-state index contributed by atoms with van der Waals surface area (Å²) < 4.78 is 0. The smallest absolute Gasteiger partial charge is 0.303 e. The highest BCUT2D eigenvalue weighted by Crippen LogP contribution is 2.33. The molecule has 0 bridgehead atoms. The number of amides is 1. The van der Waals surface area contributed by atoms with Crippen molar-refractivity contribution in [2.75, 3.05) is 19.6 Å². The van der Waals surface area contributed by atoms with Gasteiger partial charge in [0.1, 0.15) is 0 Å². The normalized spacial score (nSPS) is 19.2. The predicted molar refractivity (Wildman–Crippen MR) is 126 cm³/mol. The molecule has 3 aromatic carbocycles. The number of hydrogen-bond donors (Lipinski definition) is 2. The van der Waals surface area contributed by atoms with Crippen molar-refractivity contribution in [2.24, 2.45) is 5.92 Å². The van der Waals surface area contributed by atoms with E-state index in [1.807, 2.05) is 23.1 Å². The Balaban J connectivity index is 1.48. The minimum atomic E-state index is -0.931. The molecule has 0 aliphatic carbocycles. The first-order valence-corrected chi connectivity index (χ1v) is 11.3. The van der Waals surface area contributed by atoms with Crippen molar-refractivity contribution in [3.05, 3.63) is 83.9 Å². The van der Waals surface area contributed by atoms with Gasteiger partial charge in [-0.05, 0) is 34.7 Å². The number of nitrogens with one attached hydrogen (secondary N) is 1. The lowest BCUT2D eigenvalue weighted by atomic mass is 9.88. The van der Waals surface area contributed by atoms with Crippen LogP contribution in [0.2, 0.25) is 0 Å². The number of rotatable bonds is 8. The molecule has 166 valence electrons. The van der Waals surface area contributed by atoms with E-state index >= 15 is 0 Å². The van der Waals surface area contributed by atoms with E-state index in [1.165, 1.54) is 21.9 Å². The lowest BCUT2D eigenvalue weighted by molar-refractivity contribution is -0.140. The molecular formula is C27H30N2O3. The van der Waals surface area contributed by atoms with E-state index in [1.54, 1.807) is 0 Å². The SMILES string of the molecule is C[C@@H](NC[C@H]1CN(C(=O)CCC(=O)O)C[C@@H]1c1ccccc1)c1cccc2ccccc12. The third kappa shape index (κ3) is 5.00. The molecule has 4 rings (SSSR count). The number of hydrogen-bond acceptors (Lipinski definition) is 3. The molecule has 0 saturated carbocycles. The van der Waals surface area contributed by atoms with Crippen molar-refractivity contribution >= 4 is 22.6 Å². The standard InChI is InChI=1S/C27H30N2O3/c1-19(23-13-7-11-20-10-5-6-12-24(20)23)28-16-22-17-29(26(30)14-15-27(31)32)18-25(22)21-8-3-2-4-9-21/h2-13,19,22,25,28H,14-18H2,1H3,(H,31,32)/t19-,22+,25-/m1/s1. The summed E-state index contributed by atoms with van der Waals surface area (Å²) in [5, 5.41) is 15.1. The van der Waals surface area contributed by atoms with E-state index < -0.39 is 5.97 Å². The fraction of sp³-hybridized carbons (Fsp3) is 0.333. The highest BCUT2D eigenvalue weighted by atomic mass is 16.4. The summed E-state index contributed by atoms with van der Waals surface area (Å²) in [5.41, 5.74) is 2.50. The average molecular weight is 431 g/mol. The number of carboxylic acid groups (broad SMARTS) is 1. The van der Waals surface area contributed by atoms with E-state index in [4.69, 9.17) is 5.11 Å². The van der Waals surface area contributed by atoms with Gasteiger partial charge < -0.3 is 15.3 Å². The van der Waals surface area contributed by atoms with E-state index in [0.717, 1.165) is 6.54 Å². The van der Waals surface area contributed by atoms with Crippen LogP contribution in [0.4, 0.5) is 0 Å². The van der Waals surface area contributed by atoms with Gasteiger partial charge >= 0.3 is 5.97 Å². The summed E-state index contributed by atoms with van der Waals surface area (Å²) in [6.45, 7) is 4.25. The molecule has 3 atom stereocenters. The molecule has 1 aliphatic rings. The summed E-state index contributed by atoms with van der Waals surface area (Å²) in [6, 6.07) is 25.3. The molecule has 1 fully saturated rings. The average Bonchev–Trinajstić information content (AvgIpc) is 3.25. The quantitative estimate of drug-likeness (QED) is 0.548. The molecule has 1 amide bonds. The summed E-state index contributed by atoms with van der Waals surface area (Å²) in [5.74, 6) is -0.502. The van der Waals surface area contributed by atoms with Crippen molar-refractivity contribution in [1.29, 1.82) is 0 Å². The maximum atomic E-state index is 12.6. The second-order valence-electron chi connectivity index (χ2n) is 8.67. The minimum absolute atomic E-state index is 0.0589. The maximum Gasteiger partial charge on any atom is 0.303 e. The van der Waals surface area contributed by atoms with Gasteiger partial charge in [-0.2, -0.15) is 0 Å². The van der Waals surface area contributed by atoms with E-state index in [9.17, 15) is 9.59 Å². The second kappa shape index (κ2) is 9.96. The number of benzene rings is 3. The zero-order chi connectivity index (χ0) is 22.5. The van der Waals surface area contributed by atoms with Gasteiger partial charge in [-0.3, -0.25) is 9.59 Å². The Kier molecular flexibility index (Phi) is 6.86. The van der Waals surface area contributed by atoms with Gasteiger partial charge in [0, 0.05) is 38.0 Å². The van der Waals surface area contributed by atoms with Gasteiger partial charge in [0.25, 0.3) is 0 Å². The third-order valence-corrected chi connectivity index (χ3v) is 6.55. The highest BCUT2D eigenvalue weighted by Gasteiger charge is 2.36. The molecule has 32 heavy (non-hydrogen) atoms. The topological polar surface area (TPSA) is 69.6 Å². The van der Waals surface area contributed by atoms with Gasteiger partial charge in [-0.1, -0.05) is 72.8 Å². The molecule has 1 heterocycles. The van der Waals surface area contributed by atoms with Crippen LogP contribution < -0.4 is 5.32 Å². The number of aliphatic carboxylic acids is 1. The van der Waals surface area contributed by atoms with Crippen LogP contribution in [0.1, 0.15) is 42.9 Å². The Labute approximate surface area is 189 Å². The Bertz CT molecular complexity index is 1080. The van der Waals surface area contributed by atoms with Gasteiger partial charge in [0.15, 0.2) is 0 Å². The molecule has 1 aliphatic heterocycles. The van der Waals surface area contributed by atoms with E-state index in [2.05, 4.69) is 66.8 Å².